The summed E-state index contributed by atoms with van der Waals surface area (Å²) >= 11 is 0. The average Bonchev–Trinajstić information content (AvgIpc) is 3.67. The zero-order valence-corrected chi connectivity index (χ0v) is 29.1. The van der Waals surface area contributed by atoms with Gasteiger partial charge in [0.05, 0.1) is 5.69 Å². The van der Waals surface area contributed by atoms with Gasteiger partial charge < -0.3 is 4.90 Å². The fraction of sp³-hybridized carbons (Fsp3) is 0.265. The summed E-state index contributed by atoms with van der Waals surface area (Å²) in [6.45, 7) is 4.80. The predicted octanol–water partition coefficient (Wildman–Crippen LogP) is 12.9. The molecule has 1 spiro atoms. The zero-order chi connectivity index (χ0) is 33.2. The lowest BCUT2D eigenvalue weighted by molar-refractivity contribution is 0.0768. The van der Waals surface area contributed by atoms with E-state index in [1.807, 2.05) is 0 Å². The van der Waals surface area contributed by atoms with Crippen LogP contribution in [0.5, 0.6) is 0 Å². The highest BCUT2D eigenvalue weighted by molar-refractivity contribution is 5.96. The number of nitrogens with zero attached hydrogens (tertiary/aromatic N) is 1. The SMILES string of the molecule is CC1(C)c2ccccc2-c2ccc(N(c3cccc(-c4ccccc4)c3)c3cccc4c3-c3ccccc3C43[C@H]4CCC5C[C@@H](C4)C[C@H]53)cc21. The number of benzene rings is 6. The quantitative estimate of drug-likeness (QED) is 0.184. The minimum atomic E-state index is -0.0743. The minimum absolute atomic E-state index is 0.0743. The third kappa shape index (κ3) is 3.73. The summed E-state index contributed by atoms with van der Waals surface area (Å²) in [4.78, 5) is 2.60. The van der Waals surface area contributed by atoms with E-state index >= 15 is 0 Å². The normalized spacial score (nSPS) is 25.6. The molecular formula is C49H43N. The lowest BCUT2D eigenvalue weighted by atomic mass is 9.51. The van der Waals surface area contributed by atoms with Crippen molar-refractivity contribution in [2.45, 2.75) is 56.8 Å². The van der Waals surface area contributed by atoms with Crippen LogP contribution in [0, 0.1) is 23.7 Å². The highest BCUT2D eigenvalue weighted by Gasteiger charge is 2.63. The first-order chi connectivity index (χ1) is 24.5. The summed E-state index contributed by atoms with van der Waals surface area (Å²) in [5.74, 6) is 3.28. The maximum absolute atomic E-state index is 2.60. The molecule has 0 amide bonds. The van der Waals surface area contributed by atoms with Crippen molar-refractivity contribution in [3.05, 3.63) is 162 Å². The molecule has 50 heavy (non-hydrogen) atoms. The van der Waals surface area contributed by atoms with Gasteiger partial charge in [0.2, 0.25) is 0 Å². The van der Waals surface area contributed by atoms with Gasteiger partial charge in [0, 0.05) is 27.8 Å². The van der Waals surface area contributed by atoms with Gasteiger partial charge in [-0.05, 0) is 136 Å². The van der Waals surface area contributed by atoms with E-state index in [2.05, 4.69) is 158 Å². The number of hydrogen-bond donors (Lipinski definition) is 0. The van der Waals surface area contributed by atoms with Crippen molar-refractivity contribution in [3.63, 3.8) is 0 Å². The number of anilines is 3. The Morgan fingerprint density at radius 1 is 0.520 bits per heavy atom. The molecule has 2 unspecified atom stereocenters. The average molecular weight is 646 g/mol. The summed E-state index contributed by atoms with van der Waals surface area (Å²) in [7, 11) is 0. The highest BCUT2D eigenvalue weighted by atomic mass is 15.1. The van der Waals surface area contributed by atoms with E-state index in [-0.39, 0.29) is 10.8 Å². The van der Waals surface area contributed by atoms with E-state index in [0.717, 1.165) is 23.7 Å². The van der Waals surface area contributed by atoms with Crippen LogP contribution >= 0.6 is 0 Å². The molecule has 0 saturated heterocycles. The molecule has 6 aromatic carbocycles. The van der Waals surface area contributed by atoms with E-state index in [1.165, 1.54) is 93.7 Å². The fourth-order valence-corrected chi connectivity index (χ4v) is 12.1. The Morgan fingerprint density at radius 2 is 1.22 bits per heavy atom. The fourth-order valence-electron chi connectivity index (χ4n) is 12.1. The molecular weight excluding hydrogens is 603 g/mol. The molecule has 3 fully saturated rings. The Bertz CT molecular complexity index is 2330. The summed E-state index contributed by atoms with van der Waals surface area (Å²) in [5, 5.41) is 0. The van der Waals surface area contributed by atoms with Crippen LogP contribution in [0.2, 0.25) is 0 Å². The van der Waals surface area contributed by atoms with Crippen molar-refractivity contribution in [2.24, 2.45) is 23.7 Å². The van der Waals surface area contributed by atoms with Crippen molar-refractivity contribution in [1.29, 1.82) is 0 Å². The molecule has 1 nitrogen and oxygen atoms in total. The molecule has 5 aliphatic rings. The Kier molecular flexibility index (Phi) is 5.97. The Labute approximate surface area is 296 Å². The van der Waals surface area contributed by atoms with Gasteiger partial charge in [0.1, 0.15) is 0 Å². The second-order valence-electron chi connectivity index (χ2n) is 16.5. The lowest BCUT2D eigenvalue weighted by Crippen LogP contribution is -2.48. The van der Waals surface area contributed by atoms with Crippen LogP contribution in [0.1, 0.15) is 68.2 Å². The molecule has 5 atom stereocenters. The Hall–Kier alpha value is -4.88. The smallest absolute Gasteiger partial charge is 0.0543 e. The van der Waals surface area contributed by atoms with Gasteiger partial charge in [-0.2, -0.15) is 0 Å². The topological polar surface area (TPSA) is 3.24 Å². The van der Waals surface area contributed by atoms with E-state index in [4.69, 9.17) is 0 Å². The van der Waals surface area contributed by atoms with Gasteiger partial charge in [-0.15, -0.1) is 0 Å². The van der Waals surface area contributed by atoms with E-state index in [1.54, 1.807) is 11.1 Å². The number of hydrogen-bond acceptors (Lipinski definition) is 1. The summed E-state index contributed by atoms with van der Waals surface area (Å²) in [6.07, 6.45) is 7.05. The van der Waals surface area contributed by atoms with Crippen LogP contribution in [-0.2, 0) is 10.8 Å². The van der Waals surface area contributed by atoms with E-state index < -0.39 is 0 Å². The second-order valence-corrected chi connectivity index (χ2v) is 16.5. The molecule has 3 bridgehead atoms. The zero-order valence-electron chi connectivity index (χ0n) is 29.1. The predicted molar refractivity (Wildman–Crippen MR) is 207 cm³/mol. The lowest BCUT2D eigenvalue weighted by Gasteiger charge is -2.52. The molecule has 0 aromatic heterocycles. The molecule has 3 saturated carbocycles. The maximum Gasteiger partial charge on any atom is 0.0543 e. The van der Waals surface area contributed by atoms with Gasteiger partial charge >= 0.3 is 0 Å². The Balaban J connectivity index is 1.17. The monoisotopic (exact) mass is 645 g/mol. The largest absolute Gasteiger partial charge is 0.310 e. The first-order valence-electron chi connectivity index (χ1n) is 19.0. The van der Waals surface area contributed by atoms with Gasteiger partial charge in [0.25, 0.3) is 0 Å². The van der Waals surface area contributed by atoms with Crippen molar-refractivity contribution in [3.8, 4) is 33.4 Å². The molecule has 5 aliphatic carbocycles. The second kappa shape index (κ2) is 10.3. The summed E-state index contributed by atoms with van der Waals surface area (Å²) < 4.78 is 0. The first kappa shape index (κ1) is 28.9. The van der Waals surface area contributed by atoms with Gasteiger partial charge in [-0.1, -0.05) is 123 Å². The molecule has 0 N–H and O–H groups in total. The van der Waals surface area contributed by atoms with Crippen molar-refractivity contribution < 1.29 is 0 Å². The van der Waals surface area contributed by atoms with E-state index in [9.17, 15) is 0 Å². The van der Waals surface area contributed by atoms with Crippen molar-refractivity contribution in [2.75, 3.05) is 4.90 Å². The molecule has 0 aliphatic heterocycles. The maximum atomic E-state index is 2.60. The summed E-state index contributed by atoms with van der Waals surface area (Å²) in [5.41, 5.74) is 18.0. The van der Waals surface area contributed by atoms with Gasteiger partial charge in [-0.3, -0.25) is 0 Å². The van der Waals surface area contributed by atoms with E-state index in [0.29, 0.717) is 0 Å². The van der Waals surface area contributed by atoms with Gasteiger partial charge in [0.15, 0.2) is 0 Å². The van der Waals surface area contributed by atoms with Crippen LogP contribution in [0.15, 0.2) is 140 Å². The molecule has 11 rings (SSSR count). The third-order valence-corrected chi connectivity index (χ3v) is 13.9. The van der Waals surface area contributed by atoms with Crippen molar-refractivity contribution in [1.82, 2.24) is 0 Å². The molecule has 1 heteroatoms. The van der Waals surface area contributed by atoms with Gasteiger partial charge in [-0.25, -0.2) is 0 Å². The standard InChI is InChI=1S/C49H43N/c1-48(2)41-18-8-6-16-38(41)39-25-24-37(30-45(39)48)50(36-15-10-14-33(29-36)32-12-4-3-5-13-32)46-21-11-20-43-47(46)40-17-7-9-19-42(40)49(43)35-23-22-34-26-31(27-35)28-44(34)49/h3-21,24-25,29-31,34-35,44H,22-23,26-28H2,1-2H3/t31-,34?,35-,44+,49?/m0/s1. The van der Waals surface area contributed by atoms with Crippen LogP contribution in [-0.4, -0.2) is 0 Å². The number of fused-ring (bicyclic) bond motifs is 7. The molecule has 244 valence electrons. The summed E-state index contributed by atoms with van der Waals surface area (Å²) in [6, 6.07) is 53.3. The molecule has 0 heterocycles. The van der Waals surface area contributed by atoms with Crippen LogP contribution < -0.4 is 4.90 Å². The first-order valence-corrected chi connectivity index (χ1v) is 19.0. The van der Waals surface area contributed by atoms with Crippen LogP contribution in [0.25, 0.3) is 33.4 Å². The number of rotatable bonds is 4. The van der Waals surface area contributed by atoms with Crippen LogP contribution in [0.3, 0.4) is 0 Å². The Morgan fingerprint density at radius 3 is 2.10 bits per heavy atom. The third-order valence-electron chi connectivity index (χ3n) is 13.9. The molecule has 6 aromatic rings. The van der Waals surface area contributed by atoms with Crippen molar-refractivity contribution >= 4 is 17.1 Å². The highest BCUT2D eigenvalue weighted by Crippen LogP contribution is 2.71. The molecule has 0 radical (unpaired) electrons. The van der Waals surface area contributed by atoms with Crippen LogP contribution in [0.4, 0.5) is 17.1 Å². The minimum Gasteiger partial charge on any atom is -0.310 e.